The summed E-state index contributed by atoms with van der Waals surface area (Å²) in [4.78, 5) is 9.53. The molecule has 12 rings (SSSR count). The molecule has 368 valence electrons. The number of rotatable bonds is 10. The second-order valence-electron chi connectivity index (χ2n) is 18.4. The summed E-state index contributed by atoms with van der Waals surface area (Å²) in [6.07, 6.45) is 26.0. The Bertz CT molecular complexity index is 3730. The van der Waals surface area contributed by atoms with Crippen LogP contribution in [0.25, 0.3) is 38.6 Å². The molecule has 9 aromatic rings. The van der Waals surface area contributed by atoms with Gasteiger partial charge in [0.2, 0.25) is 0 Å². The minimum Gasteiger partial charge on any atom is -0.509 e. The van der Waals surface area contributed by atoms with Gasteiger partial charge in [-0.1, -0.05) is 150 Å². The van der Waals surface area contributed by atoms with Crippen molar-refractivity contribution < 1.29 is 25.8 Å². The molecule has 0 saturated heterocycles. The first-order valence-corrected chi connectivity index (χ1v) is 25.1. The summed E-state index contributed by atoms with van der Waals surface area (Å²) in [5, 5.41) is 8.61. The Morgan fingerprint density at radius 2 is 1.13 bits per heavy atom. The number of pyridine rings is 1. The van der Waals surface area contributed by atoms with Gasteiger partial charge in [0.05, 0.1) is 0 Å². The monoisotopic (exact) mass is 1160 g/mol. The van der Waals surface area contributed by atoms with Crippen LogP contribution >= 0.6 is 0 Å². The van der Waals surface area contributed by atoms with E-state index in [2.05, 4.69) is 241 Å². The van der Waals surface area contributed by atoms with Gasteiger partial charge in [0.25, 0.3) is 0 Å². The number of hydrogen-bond donors (Lipinski definition) is 2. The van der Waals surface area contributed by atoms with Crippen LogP contribution in [0.5, 0.6) is 11.5 Å². The first-order chi connectivity index (χ1) is 37.1. The molecule has 0 fully saturated rings. The number of nitrogens with one attached hydrogen (secondary N) is 2. The van der Waals surface area contributed by atoms with E-state index in [0.717, 1.165) is 78.0 Å². The van der Waals surface area contributed by atoms with Gasteiger partial charge < -0.3 is 29.7 Å². The van der Waals surface area contributed by atoms with Crippen molar-refractivity contribution >= 4 is 70.1 Å². The summed E-state index contributed by atoms with van der Waals surface area (Å²) >= 11 is 0. The zero-order valence-electron chi connectivity index (χ0n) is 41.6. The summed E-state index contributed by atoms with van der Waals surface area (Å²) in [6, 6.07) is 66.7. The van der Waals surface area contributed by atoms with Crippen molar-refractivity contribution in [2.45, 2.75) is 12.3 Å². The van der Waals surface area contributed by atoms with Gasteiger partial charge in [-0.2, -0.15) is 12.1 Å². The third kappa shape index (κ3) is 9.74. The van der Waals surface area contributed by atoms with Gasteiger partial charge in [-0.3, -0.25) is 0 Å². The molecule has 0 unspecified atom stereocenters. The van der Waals surface area contributed by atoms with Crippen molar-refractivity contribution in [1.82, 2.24) is 20.2 Å². The SMILES string of the molecule is CC(c1ccccc1)(c1ccccc1)c1ccnc(-n2c3[c-]c(Oc4[c-]c(N5[CH-]N(c6c(/C7=C/C=C\N/C=C\C=C/[B]7)cccc6/C6=C/C=C\N/C=C\C=C/[B]6)c6ccccc65)ccc4)ccc3c3ccccc32)c1.[Pt]. The maximum absolute atomic E-state index is 6.78. The molecule has 76 heavy (non-hydrogen) atoms. The smallest absolute Gasteiger partial charge is 0.182 e. The largest absolute Gasteiger partial charge is 0.509 e. The zero-order chi connectivity index (χ0) is 50.4. The summed E-state index contributed by atoms with van der Waals surface area (Å²) in [7, 11) is 4.32. The molecule has 0 amide bonds. The Labute approximate surface area is 460 Å². The first-order valence-electron chi connectivity index (χ1n) is 25.1. The van der Waals surface area contributed by atoms with E-state index in [0.29, 0.717) is 11.5 Å². The molecule has 2 aromatic heterocycles. The van der Waals surface area contributed by atoms with Crippen molar-refractivity contribution in [2.24, 2.45) is 0 Å². The molecule has 5 heterocycles. The van der Waals surface area contributed by atoms with E-state index in [1.807, 2.05) is 85.7 Å². The average Bonchev–Trinajstić information content (AvgIpc) is 4.03. The van der Waals surface area contributed by atoms with Crippen molar-refractivity contribution in [3.63, 3.8) is 0 Å². The van der Waals surface area contributed by atoms with E-state index < -0.39 is 5.41 Å². The number of nitrogens with zero attached hydrogens (tertiary/aromatic N) is 4. The van der Waals surface area contributed by atoms with Gasteiger partial charge in [-0.25, -0.2) is 4.98 Å². The van der Waals surface area contributed by atoms with E-state index in [-0.39, 0.29) is 21.1 Å². The van der Waals surface area contributed by atoms with Crippen LogP contribution in [0.15, 0.2) is 261 Å². The van der Waals surface area contributed by atoms with Gasteiger partial charge in [-0.15, -0.1) is 60.0 Å². The van der Waals surface area contributed by atoms with E-state index in [1.54, 1.807) is 0 Å². The normalized spacial score (nSPS) is 18.1. The standard InChI is InChI=1S/C66H49B2N6O.Pt/c1-66(48-20-4-2-5-21-48,49-22-6-3-7-23-49)50-36-43-71-64(44-50)74-60-31-9-8-26-54(60)55-35-34-53(46-63(55)74)75-52-25-16-24-51(45-52)72-47-73(62-33-11-10-32-61(62)72)65-56(58-29-18-41-69-39-14-12-37-67-58)27-17-28-57(65)59-30-19-42-70-40-15-13-38-68-59;/h2-44,47,69-70H,1H3;/q-3;/b37-12-,38-13-,39-14-,40-15-,41-18-,42-19-,58-29-,59-30-;. The maximum Gasteiger partial charge on any atom is 0.182 e. The fraction of sp³-hybridized carbons (Fsp3) is 0.0303. The Hall–Kier alpha value is -8.77. The van der Waals surface area contributed by atoms with Crippen LogP contribution in [0.3, 0.4) is 0 Å². The number of para-hydroxylation sites is 4. The summed E-state index contributed by atoms with van der Waals surface area (Å²) in [6.45, 7) is 4.46. The number of anilines is 4. The van der Waals surface area contributed by atoms with E-state index >= 15 is 0 Å². The van der Waals surface area contributed by atoms with Crippen molar-refractivity contribution in [3.8, 4) is 17.3 Å². The molecular weight excluding hydrogens is 1110 g/mol. The molecule has 3 aliphatic rings. The fourth-order valence-electron chi connectivity index (χ4n) is 10.2. The van der Waals surface area contributed by atoms with Crippen LogP contribution in [0, 0.1) is 18.8 Å². The number of fused-ring (bicyclic) bond motifs is 4. The Kier molecular flexibility index (Phi) is 14.6. The fourth-order valence-corrected chi connectivity index (χ4v) is 10.2. The number of hydrogen-bond acceptors (Lipinski definition) is 6. The predicted molar refractivity (Wildman–Crippen MR) is 311 cm³/mol. The third-order valence-electron chi connectivity index (χ3n) is 13.9. The van der Waals surface area contributed by atoms with Gasteiger partial charge >= 0.3 is 0 Å². The first kappa shape index (κ1) is 49.4. The Morgan fingerprint density at radius 1 is 0.539 bits per heavy atom. The Balaban J connectivity index is 0.00000616. The van der Waals surface area contributed by atoms with Crippen molar-refractivity contribution in [1.29, 1.82) is 0 Å². The molecule has 7 nitrogen and oxygen atoms in total. The van der Waals surface area contributed by atoms with E-state index in [4.69, 9.17) is 9.72 Å². The molecule has 10 heteroatoms. The van der Waals surface area contributed by atoms with Crippen LogP contribution in [-0.2, 0) is 26.5 Å². The molecule has 0 spiro atoms. The number of aromatic nitrogens is 2. The number of ether oxygens (including phenoxy) is 1. The quantitative estimate of drug-likeness (QED) is 0.105. The summed E-state index contributed by atoms with van der Waals surface area (Å²) in [5.74, 6) is 6.06. The van der Waals surface area contributed by atoms with Crippen LogP contribution in [0.2, 0.25) is 0 Å². The average molecular weight is 1160 g/mol. The third-order valence-corrected chi connectivity index (χ3v) is 13.9. The summed E-state index contributed by atoms with van der Waals surface area (Å²) in [5.41, 5.74) is 13.1. The molecule has 3 aliphatic heterocycles. The Morgan fingerprint density at radius 3 is 1.82 bits per heavy atom. The van der Waals surface area contributed by atoms with Crippen LogP contribution < -0.4 is 25.2 Å². The van der Waals surface area contributed by atoms with Gasteiger partial charge in [0, 0.05) is 91.6 Å². The molecule has 2 N–H and O–H groups in total. The topological polar surface area (TPSA) is 57.6 Å². The van der Waals surface area contributed by atoms with Crippen molar-refractivity contribution in [3.05, 3.63) is 308 Å². The van der Waals surface area contributed by atoms with E-state index in [9.17, 15) is 0 Å². The molecule has 2 radical (unpaired) electrons. The summed E-state index contributed by atoms with van der Waals surface area (Å²) < 4.78 is 8.98. The van der Waals surface area contributed by atoms with Crippen LogP contribution in [0.1, 0.15) is 34.7 Å². The number of allylic oxidation sites excluding steroid dienone is 8. The molecule has 0 atom stereocenters. The zero-order valence-corrected chi connectivity index (χ0v) is 43.8. The van der Waals surface area contributed by atoms with E-state index in [1.165, 1.54) is 11.1 Å². The molecule has 7 aromatic carbocycles. The predicted octanol–water partition coefficient (Wildman–Crippen LogP) is 14.7. The minimum atomic E-state index is -0.447. The minimum absolute atomic E-state index is 0. The van der Waals surface area contributed by atoms with Gasteiger partial charge in [0.1, 0.15) is 5.82 Å². The van der Waals surface area contributed by atoms with Gasteiger partial charge in [-0.05, 0) is 94.8 Å². The maximum atomic E-state index is 6.78. The van der Waals surface area contributed by atoms with Crippen molar-refractivity contribution in [2.75, 3.05) is 9.80 Å². The molecule has 0 bridgehead atoms. The van der Waals surface area contributed by atoms with Crippen LogP contribution in [-0.4, -0.2) is 24.1 Å². The molecular formula is C66H49B2N6OPt-3. The second-order valence-corrected chi connectivity index (χ2v) is 18.4. The second kappa shape index (κ2) is 22.4. The number of benzene rings is 7. The molecule has 0 saturated carbocycles. The van der Waals surface area contributed by atoms with Gasteiger partial charge in [0.15, 0.2) is 14.6 Å². The molecule has 0 aliphatic carbocycles. The van der Waals surface area contributed by atoms with Crippen LogP contribution in [0.4, 0.5) is 22.7 Å².